The van der Waals surface area contributed by atoms with E-state index in [1.54, 1.807) is 23.2 Å². The number of anilines is 1. The number of aryl methyl sites for hydroxylation is 2. The minimum atomic E-state index is -0.528. The SMILES string of the molecule is CCOC(=O)c1c(NC(=O)NCc2c(C)sc3c2CCN(C(=O)OC(C)(C)C)C3)sc2c1CCCC2. The molecular weight excluding hydrogens is 498 g/mol. The van der Waals surface area contributed by atoms with Crippen LogP contribution in [0, 0.1) is 6.92 Å². The van der Waals surface area contributed by atoms with Crippen molar-refractivity contribution in [2.45, 2.75) is 85.4 Å². The van der Waals surface area contributed by atoms with E-state index in [1.807, 2.05) is 27.7 Å². The number of nitrogens with one attached hydrogen (secondary N) is 2. The van der Waals surface area contributed by atoms with Crippen LogP contribution < -0.4 is 10.6 Å². The highest BCUT2D eigenvalue weighted by Gasteiger charge is 2.30. The second kappa shape index (κ2) is 10.8. The van der Waals surface area contributed by atoms with E-state index >= 15 is 0 Å². The summed E-state index contributed by atoms with van der Waals surface area (Å²) >= 11 is 3.14. The van der Waals surface area contributed by atoms with Gasteiger partial charge in [-0.3, -0.25) is 5.32 Å². The average Bonchev–Trinajstić information content (AvgIpc) is 3.32. The summed E-state index contributed by atoms with van der Waals surface area (Å²) in [5.74, 6) is -0.371. The molecule has 2 aromatic rings. The lowest BCUT2D eigenvalue weighted by Crippen LogP contribution is -2.39. The fraction of sp³-hybridized carbons (Fsp3) is 0.577. The van der Waals surface area contributed by atoms with Crippen molar-refractivity contribution in [1.29, 1.82) is 0 Å². The Bertz CT molecular complexity index is 1160. The normalized spacial score (nSPS) is 15.1. The fourth-order valence-electron chi connectivity index (χ4n) is 4.71. The fourth-order valence-corrected chi connectivity index (χ4v) is 7.24. The first kappa shape index (κ1) is 26.5. The smallest absolute Gasteiger partial charge is 0.410 e. The Morgan fingerprint density at radius 2 is 1.78 bits per heavy atom. The van der Waals surface area contributed by atoms with Gasteiger partial charge in [0.2, 0.25) is 0 Å². The summed E-state index contributed by atoms with van der Waals surface area (Å²) in [5, 5.41) is 6.45. The van der Waals surface area contributed by atoms with Gasteiger partial charge in [0.15, 0.2) is 0 Å². The Morgan fingerprint density at radius 3 is 2.50 bits per heavy atom. The molecule has 0 unspecified atom stereocenters. The zero-order valence-electron chi connectivity index (χ0n) is 21.7. The summed E-state index contributed by atoms with van der Waals surface area (Å²) in [6.07, 6.45) is 4.32. The maximum absolute atomic E-state index is 12.9. The summed E-state index contributed by atoms with van der Waals surface area (Å²) < 4.78 is 10.8. The molecule has 0 aromatic carbocycles. The number of esters is 1. The molecule has 3 heterocycles. The zero-order chi connectivity index (χ0) is 26.0. The quantitative estimate of drug-likeness (QED) is 0.474. The van der Waals surface area contributed by atoms with Gasteiger partial charge >= 0.3 is 18.1 Å². The van der Waals surface area contributed by atoms with E-state index in [9.17, 15) is 14.4 Å². The first-order valence-electron chi connectivity index (χ1n) is 12.5. The van der Waals surface area contributed by atoms with E-state index < -0.39 is 5.60 Å². The van der Waals surface area contributed by atoms with E-state index in [0.717, 1.165) is 57.9 Å². The highest BCUT2D eigenvalue weighted by Crippen LogP contribution is 2.39. The lowest BCUT2D eigenvalue weighted by Gasteiger charge is -2.30. The van der Waals surface area contributed by atoms with Gasteiger partial charge in [-0.05, 0) is 83.4 Å². The van der Waals surface area contributed by atoms with E-state index in [1.165, 1.54) is 16.9 Å². The number of urea groups is 1. The molecule has 2 N–H and O–H groups in total. The predicted molar refractivity (Wildman–Crippen MR) is 142 cm³/mol. The van der Waals surface area contributed by atoms with E-state index in [2.05, 4.69) is 10.6 Å². The first-order valence-corrected chi connectivity index (χ1v) is 14.1. The van der Waals surface area contributed by atoms with Crippen LogP contribution in [0.1, 0.15) is 82.2 Å². The van der Waals surface area contributed by atoms with Crippen LogP contribution in [0.5, 0.6) is 0 Å². The molecule has 4 rings (SSSR count). The maximum Gasteiger partial charge on any atom is 0.410 e. The minimum absolute atomic E-state index is 0.295. The van der Waals surface area contributed by atoms with Gasteiger partial charge in [0.05, 0.1) is 18.7 Å². The number of nitrogens with zero attached hydrogens (tertiary/aromatic N) is 1. The molecule has 0 saturated carbocycles. The third kappa shape index (κ3) is 5.86. The van der Waals surface area contributed by atoms with Crippen molar-refractivity contribution in [3.05, 3.63) is 36.9 Å². The Balaban J connectivity index is 1.42. The standard InChI is InChI=1S/C26H35N3O5S2/c1-6-33-23(30)21-17-9-7-8-10-19(17)36-22(21)28-24(31)27-13-18-15(2)35-20-14-29(12-11-16(18)20)25(32)34-26(3,4)5/h6-14H2,1-5H3,(H2,27,28,31). The molecule has 36 heavy (non-hydrogen) atoms. The topological polar surface area (TPSA) is 97.0 Å². The van der Waals surface area contributed by atoms with Crippen LogP contribution in [0.15, 0.2) is 0 Å². The average molecular weight is 534 g/mol. The number of carbonyl (C=O) groups excluding carboxylic acids is 3. The molecule has 196 valence electrons. The van der Waals surface area contributed by atoms with Crippen LogP contribution in [-0.4, -0.2) is 41.7 Å². The first-order chi connectivity index (χ1) is 17.1. The molecule has 1 aliphatic heterocycles. The molecular formula is C26H35N3O5S2. The number of ether oxygens (including phenoxy) is 2. The minimum Gasteiger partial charge on any atom is -0.462 e. The van der Waals surface area contributed by atoms with Crippen molar-refractivity contribution in [2.24, 2.45) is 0 Å². The van der Waals surface area contributed by atoms with Gasteiger partial charge in [0.25, 0.3) is 0 Å². The molecule has 0 spiro atoms. The van der Waals surface area contributed by atoms with Crippen molar-refractivity contribution in [3.8, 4) is 0 Å². The molecule has 3 amide bonds. The molecule has 8 nitrogen and oxygen atoms in total. The van der Waals surface area contributed by atoms with E-state index in [0.29, 0.717) is 36.8 Å². The Morgan fingerprint density at radius 1 is 1.03 bits per heavy atom. The zero-order valence-corrected chi connectivity index (χ0v) is 23.3. The van der Waals surface area contributed by atoms with Crippen LogP contribution in [-0.2, 0) is 41.8 Å². The third-order valence-electron chi connectivity index (χ3n) is 6.32. The van der Waals surface area contributed by atoms with Crippen molar-refractivity contribution in [1.82, 2.24) is 10.2 Å². The monoisotopic (exact) mass is 533 g/mol. The summed E-state index contributed by atoms with van der Waals surface area (Å²) in [4.78, 5) is 43.2. The van der Waals surface area contributed by atoms with E-state index in [-0.39, 0.29) is 18.1 Å². The van der Waals surface area contributed by atoms with Gasteiger partial charge in [0, 0.05) is 27.7 Å². The van der Waals surface area contributed by atoms with Crippen LogP contribution >= 0.6 is 22.7 Å². The van der Waals surface area contributed by atoms with Gasteiger partial charge in [-0.2, -0.15) is 0 Å². The second-order valence-electron chi connectivity index (χ2n) is 10.1. The Hall–Kier alpha value is -2.59. The molecule has 2 aliphatic rings. The number of thiophene rings is 2. The third-order valence-corrected chi connectivity index (χ3v) is 8.71. The van der Waals surface area contributed by atoms with Crippen LogP contribution in [0.4, 0.5) is 14.6 Å². The number of hydrogen-bond acceptors (Lipinski definition) is 7. The number of amides is 3. The molecule has 0 saturated heterocycles. The lowest BCUT2D eigenvalue weighted by atomic mass is 9.95. The predicted octanol–water partition coefficient (Wildman–Crippen LogP) is 5.79. The highest BCUT2D eigenvalue weighted by molar-refractivity contribution is 7.17. The van der Waals surface area contributed by atoms with Gasteiger partial charge in [-0.25, -0.2) is 14.4 Å². The van der Waals surface area contributed by atoms with Crippen LogP contribution in [0.2, 0.25) is 0 Å². The van der Waals surface area contributed by atoms with Crippen molar-refractivity contribution in [3.63, 3.8) is 0 Å². The van der Waals surface area contributed by atoms with Crippen molar-refractivity contribution < 1.29 is 23.9 Å². The number of hydrogen-bond donors (Lipinski definition) is 2. The molecule has 10 heteroatoms. The number of fused-ring (bicyclic) bond motifs is 2. The summed E-state index contributed by atoms with van der Waals surface area (Å²) in [5.41, 5.74) is 3.32. The molecule has 2 aromatic heterocycles. The number of carbonyl (C=O) groups is 3. The number of rotatable bonds is 5. The van der Waals surface area contributed by atoms with Gasteiger partial charge in [-0.15, -0.1) is 22.7 Å². The second-order valence-corrected chi connectivity index (χ2v) is 12.5. The molecule has 1 aliphatic carbocycles. The Kier molecular flexibility index (Phi) is 7.94. The summed E-state index contributed by atoms with van der Waals surface area (Å²) in [7, 11) is 0. The summed E-state index contributed by atoms with van der Waals surface area (Å²) in [6, 6.07) is -0.343. The molecule has 0 atom stereocenters. The lowest BCUT2D eigenvalue weighted by molar-refractivity contribution is 0.0226. The van der Waals surface area contributed by atoms with Gasteiger partial charge in [-0.1, -0.05) is 0 Å². The van der Waals surface area contributed by atoms with Gasteiger partial charge < -0.3 is 19.7 Å². The van der Waals surface area contributed by atoms with Crippen LogP contribution in [0.3, 0.4) is 0 Å². The maximum atomic E-state index is 12.9. The van der Waals surface area contributed by atoms with Gasteiger partial charge in [0.1, 0.15) is 10.6 Å². The van der Waals surface area contributed by atoms with E-state index in [4.69, 9.17) is 9.47 Å². The largest absolute Gasteiger partial charge is 0.462 e. The molecule has 0 radical (unpaired) electrons. The molecule has 0 fully saturated rings. The Labute approximate surface area is 220 Å². The molecule has 0 bridgehead atoms. The van der Waals surface area contributed by atoms with Crippen molar-refractivity contribution >= 4 is 45.8 Å². The summed E-state index contributed by atoms with van der Waals surface area (Å²) in [6.45, 7) is 11.2. The van der Waals surface area contributed by atoms with Crippen molar-refractivity contribution in [2.75, 3.05) is 18.5 Å². The van der Waals surface area contributed by atoms with Crippen LogP contribution in [0.25, 0.3) is 0 Å². The highest BCUT2D eigenvalue weighted by atomic mass is 32.1.